The number of nitrogens with one attached hydrogen (secondary N) is 1. The van der Waals surface area contributed by atoms with Crippen molar-refractivity contribution in [3.63, 3.8) is 0 Å². The maximum atomic E-state index is 13.1. The molecule has 1 atom stereocenters. The fourth-order valence-corrected chi connectivity index (χ4v) is 2.39. The Morgan fingerprint density at radius 2 is 1.91 bits per heavy atom. The summed E-state index contributed by atoms with van der Waals surface area (Å²) in [6, 6.07) is 6.20. The normalized spacial score (nSPS) is 12.4. The van der Waals surface area contributed by atoms with Crippen molar-refractivity contribution in [1.82, 2.24) is 9.88 Å². The topological polar surface area (TPSA) is 62.1 Å². The van der Waals surface area contributed by atoms with E-state index < -0.39 is 0 Å². The van der Waals surface area contributed by atoms with E-state index in [1.807, 2.05) is 0 Å². The van der Waals surface area contributed by atoms with E-state index in [2.05, 4.69) is 18.8 Å². The molecule has 1 amide bonds. The third-order valence-corrected chi connectivity index (χ3v) is 4.13. The highest BCUT2D eigenvalue weighted by atomic mass is 19.1. The lowest BCUT2D eigenvalue weighted by Gasteiger charge is -2.21. The Morgan fingerprint density at radius 1 is 1.26 bits per heavy atom. The number of carbonyl (C=O) groups is 1. The average molecular weight is 317 g/mol. The molecule has 0 fully saturated rings. The second kappa shape index (κ2) is 7.42. The Morgan fingerprint density at radius 3 is 2.52 bits per heavy atom. The number of hydrogen-bond acceptors (Lipinski definition) is 2. The van der Waals surface area contributed by atoms with Gasteiger partial charge in [0.2, 0.25) is 0 Å². The molecule has 0 saturated heterocycles. The van der Waals surface area contributed by atoms with Gasteiger partial charge < -0.3 is 15.6 Å². The Balaban J connectivity index is 2.11. The standard InChI is InChI=1S/C18H24FN3O/c1-12(2)17(20)8-9-22(3)18(23)16-11-21-10-15(16)13-4-6-14(19)7-5-13/h4-7,10-12,17,21H,8-9,20H2,1-3H3. The lowest BCUT2D eigenvalue weighted by Crippen LogP contribution is -2.34. The van der Waals surface area contributed by atoms with Gasteiger partial charge in [0, 0.05) is 37.6 Å². The van der Waals surface area contributed by atoms with Crippen LogP contribution in [0.1, 0.15) is 30.6 Å². The highest BCUT2D eigenvalue weighted by molar-refractivity contribution is 6.00. The van der Waals surface area contributed by atoms with Crippen LogP contribution in [0, 0.1) is 11.7 Å². The number of carbonyl (C=O) groups excluding carboxylic acids is 1. The summed E-state index contributed by atoms with van der Waals surface area (Å²) in [5, 5.41) is 0. The molecule has 0 saturated carbocycles. The first kappa shape index (κ1) is 17.2. The van der Waals surface area contributed by atoms with Gasteiger partial charge in [0.25, 0.3) is 5.91 Å². The minimum Gasteiger partial charge on any atom is -0.366 e. The predicted octanol–water partition coefficient (Wildman–Crippen LogP) is 3.27. The number of benzene rings is 1. The van der Waals surface area contributed by atoms with Gasteiger partial charge in [-0.1, -0.05) is 26.0 Å². The zero-order valence-corrected chi connectivity index (χ0v) is 13.8. The van der Waals surface area contributed by atoms with E-state index in [0.29, 0.717) is 18.0 Å². The Labute approximate surface area is 136 Å². The number of aromatic amines is 1. The molecule has 1 aromatic carbocycles. The van der Waals surface area contributed by atoms with Crippen molar-refractivity contribution in [2.45, 2.75) is 26.3 Å². The molecule has 2 rings (SSSR count). The minimum absolute atomic E-state index is 0.0680. The van der Waals surface area contributed by atoms with E-state index in [0.717, 1.165) is 17.5 Å². The zero-order chi connectivity index (χ0) is 17.0. The van der Waals surface area contributed by atoms with Crippen LogP contribution >= 0.6 is 0 Å². The summed E-state index contributed by atoms with van der Waals surface area (Å²) in [6.45, 7) is 4.75. The van der Waals surface area contributed by atoms with Crippen LogP contribution in [0.4, 0.5) is 4.39 Å². The van der Waals surface area contributed by atoms with Crippen molar-refractivity contribution in [1.29, 1.82) is 0 Å². The number of rotatable bonds is 6. The van der Waals surface area contributed by atoms with Gasteiger partial charge in [-0.15, -0.1) is 0 Å². The van der Waals surface area contributed by atoms with Crippen LogP contribution in [0.15, 0.2) is 36.7 Å². The maximum absolute atomic E-state index is 13.1. The van der Waals surface area contributed by atoms with Crippen LogP contribution in [0.25, 0.3) is 11.1 Å². The van der Waals surface area contributed by atoms with Gasteiger partial charge in [-0.3, -0.25) is 4.79 Å². The summed E-state index contributed by atoms with van der Waals surface area (Å²) in [5.41, 5.74) is 8.20. The molecule has 1 unspecified atom stereocenters. The third kappa shape index (κ3) is 4.20. The molecule has 5 heteroatoms. The molecule has 4 nitrogen and oxygen atoms in total. The largest absolute Gasteiger partial charge is 0.366 e. The van der Waals surface area contributed by atoms with Crippen molar-refractivity contribution in [2.75, 3.05) is 13.6 Å². The summed E-state index contributed by atoms with van der Waals surface area (Å²) < 4.78 is 13.1. The van der Waals surface area contributed by atoms with Gasteiger partial charge in [0.15, 0.2) is 0 Å². The van der Waals surface area contributed by atoms with Gasteiger partial charge in [-0.05, 0) is 30.0 Å². The lowest BCUT2D eigenvalue weighted by molar-refractivity contribution is 0.0790. The first-order valence-corrected chi connectivity index (χ1v) is 7.84. The molecule has 1 aromatic heterocycles. The number of nitrogens with zero attached hydrogens (tertiary/aromatic N) is 1. The number of halogens is 1. The first-order valence-electron chi connectivity index (χ1n) is 7.84. The van der Waals surface area contributed by atoms with Gasteiger partial charge in [-0.2, -0.15) is 0 Å². The second-order valence-electron chi connectivity index (χ2n) is 6.21. The molecule has 1 heterocycles. The monoisotopic (exact) mass is 317 g/mol. The lowest BCUT2D eigenvalue weighted by atomic mass is 10.0. The molecule has 0 bridgehead atoms. The third-order valence-electron chi connectivity index (χ3n) is 4.13. The number of hydrogen-bond donors (Lipinski definition) is 2. The van der Waals surface area contributed by atoms with Gasteiger partial charge in [0.05, 0.1) is 5.56 Å². The van der Waals surface area contributed by atoms with Crippen LogP contribution < -0.4 is 5.73 Å². The SMILES string of the molecule is CC(C)C(N)CCN(C)C(=O)c1c[nH]cc1-c1ccc(F)cc1. The molecule has 0 aliphatic heterocycles. The van der Waals surface area contributed by atoms with E-state index in [4.69, 9.17) is 5.73 Å². The van der Waals surface area contributed by atoms with E-state index >= 15 is 0 Å². The minimum atomic E-state index is -0.294. The molecule has 3 N–H and O–H groups in total. The number of aromatic nitrogens is 1. The van der Waals surface area contributed by atoms with Crippen LogP contribution in [0.5, 0.6) is 0 Å². The number of nitrogens with two attached hydrogens (primary N) is 1. The van der Waals surface area contributed by atoms with Crippen molar-refractivity contribution >= 4 is 5.91 Å². The molecule has 0 spiro atoms. The van der Waals surface area contributed by atoms with E-state index in [1.54, 1.807) is 36.5 Å². The molecule has 0 aliphatic rings. The van der Waals surface area contributed by atoms with Crippen molar-refractivity contribution in [3.8, 4) is 11.1 Å². The van der Waals surface area contributed by atoms with Crippen molar-refractivity contribution in [3.05, 3.63) is 48.0 Å². The van der Waals surface area contributed by atoms with Crippen LogP contribution in [-0.4, -0.2) is 35.4 Å². The average Bonchev–Trinajstić information content (AvgIpc) is 3.01. The summed E-state index contributed by atoms with van der Waals surface area (Å²) in [6.07, 6.45) is 4.20. The molecule has 0 radical (unpaired) electrons. The van der Waals surface area contributed by atoms with Gasteiger partial charge >= 0.3 is 0 Å². The number of amides is 1. The summed E-state index contributed by atoms with van der Waals surface area (Å²) in [7, 11) is 1.77. The number of H-pyrrole nitrogens is 1. The second-order valence-corrected chi connectivity index (χ2v) is 6.21. The molecular weight excluding hydrogens is 293 g/mol. The van der Waals surface area contributed by atoms with Gasteiger partial charge in [-0.25, -0.2) is 4.39 Å². The Bertz CT molecular complexity index is 649. The molecule has 124 valence electrons. The molecule has 2 aromatic rings. The summed E-state index contributed by atoms with van der Waals surface area (Å²) in [5.74, 6) is 0.0269. The van der Waals surface area contributed by atoms with Crippen molar-refractivity contribution in [2.24, 2.45) is 11.7 Å². The van der Waals surface area contributed by atoms with Crippen molar-refractivity contribution < 1.29 is 9.18 Å². The smallest absolute Gasteiger partial charge is 0.255 e. The Hall–Kier alpha value is -2.14. The highest BCUT2D eigenvalue weighted by Gasteiger charge is 2.19. The molecule has 23 heavy (non-hydrogen) atoms. The quantitative estimate of drug-likeness (QED) is 0.859. The summed E-state index contributed by atoms with van der Waals surface area (Å²) in [4.78, 5) is 17.3. The highest BCUT2D eigenvalue weighted by Crippen LogP contribution is 2.24. The first-order chi connectivity index (χ1) is 10.9. The molecular formula is C18H24FN3O. The van der Waals surface area contributed by atoms with Gasteiger partial charge in [0.1, 0.15) is 5.82 Å². The maximum Gasteiger partial charge on any atom is 0.255 e. The van der Waals surface area contributed by atoms with E-state index in [1.165, 1.54) is 12.1 Å². The zero-order valence-electron chi connectivity index (χ0n) is 13.8. The fraction of sp³-hybridized carbons (Fsp3) is 0.389. The fourth-order valence-electron chi connectivity index (χ4n) is 2.39. The van der Waals surface area contributed by atoms with E-state index in [9.17, 15) is 9.18 Å². The molecule has 0 aliphatic carbocycles. The van der Waals surface area contributed by atoms with Crippen LogP contribution in [0.3, 0.4) is 0 Å². The van der Waals surface area contributed by atoms with E-state index in [-0.39, 0.29) is 17.8 Å². The Kier molecular flexibility index (Phi) is 5.55. The summed E-state index contributed by atoms with van der Waals surface area (Å²) >= 11 is 0. The van der Waals surface area contributed by atoms with Crippen LogP contribution in [0.2, 0.25) is 0 Å². The predicted molar refractivity (Wildman–Crippen MR) is 90.6 cm³/mol. The van der Waals surface area contributed by atoms with Crippen LogP contribution in [-0.2, 0) is 0 Å².